The normalized spacial score (nSPS) is 19.0. The van der Waals surface area contributed by atoms with E-state index in [0.717, 1.165) is 18.0 Å². The van der Waals surface area contributed by atoms with Crippen LogP contribution in [0.5, 0.6) is 0 Å². The number of benzene rings is 1. The van der Waals surface area contributed by atoms with Gasteiger partial charge in [0.25, 0.3) is 0 Å². The first-order valence-electron chi connectivity index (χ1n) is 4.25. The predicted molar refractivity (Wildman–Crippen MR) is 59.5 cm³/mol. The third kappa shape index (κ3) is 1.96. The minimum absolute atomic E-state index is 0.215. The first-order valence-corrected chi connectivity index (χ1v) is 6.22. The van der Waals surface area contributed by atoms with Gasteiger partial charge in [-0.1, -0.05) is 23.2 Å². The standard InChI is InChI=1S/C9H9Cl2NOS/c10-8-2-1-6(3-9(8)11)14(13)7-4-12-5-7/h1-3,7,12H,4-5H2. The highest BCUT2D eigenvalue weighted by atomic mass is 35.5. The van der Waals surface area contributed by atoms with Crippen LogP contribution in [0.3, 0.4) is 0 Å². The second kappa shape index (κ2) is 4.19. The van der Waals surface area contributed by atoms with Crippen molar-refractivity contribution in [1.82, 2.24) is 5.32 Å². The Kier molecular flexibility index (Phi) is 3.12. The molecule has 14 heavy (non-hydrogen) atoms. The van der Waals surface area contributed by atoms with Crippen LogP contribution in [0.15, 0.2) is 23.1 Å². The molecule has 2 rings (SSSR count). The molecule has 0 radical (unpaired) electrons. The van der Waals surface area contributed by atoms with Crippen LogP contribution >= 0.6 is 23.2 Å². The van der Waals surface area contributed by atoms with Crippen LogP contribution in [0.1, 0.15) is 0 Å². The Hall–Kier alpha value is -0.0900. The van der Waals surface area contributed by atoms with E-state index in [1.807, 2.05) is 0 Å². The van der Waals surface area contributed by atoms with Crippen LogP contribution < -0.4 is 5.32 Å². The number of nitrogens with one attached hydrogen (secondary N) is 1. The largest absolute Gasteiger partial charge is 0.314 e. The van der Waals surface area contributed by atoms with Gasteiger partial charge >= 0.3 is 0 Å². The minimum atomic E-state index is -0.966. The average Bonchev–Trinajstić information content (AvgIpc) is 2.06. The third-order valence-electron chi connectivity index (χ3n) is 2.17. The molecule has 0 bridgehead atoms. The molecule has 1 aliphatic rings. The molecule has 1 saturated heterocycles. The smallest absolute Gasteiger partial charge is 0.0643 e. The average molecular weight is 250 g/mol. The van der Waals surface area contributed by atoms with Gasteiger partial charge in [-0.3, -0.25) is 4.21 Å². The monoisotopic (exact) mass is 249 g/mol. The van der Waals surface area contributed by atoms with Crippen molar-refractivity contribution < 1.29 is 4.21 Å². The van der Waals surface area contributed by atoms with Gasteiger partial charge in [-0.2, -0.15) is 0 Å². The third-order valence-corrected chi connectivity index (χ3v) is 4.57. The zero-order valence-corrected chi connectivity index (χ0v) is 9.62. The quantitative estimate of drug-likeness (QED) is 0.870. The fourth-order valence-electron chi connectivity index (χ4n) is 1.21. The Morgan fingerprint density at radius 1 is 1.29 bits per heavy atom. The highest BCUT2D eigenvalue weighted by Crippen LogP contribution is 2.25. The number of halogens is 2. The van der Waals surface area contributed by atoms with Crippen LogP contribution in [-0.2, 0) is 10.8 Å². The summed E-state index contributed by atoms with van der Waals surface area (Å²) < 4.78 is 11.9. The summed E-state index contributed by atoms with van der Waals surface area (Å²) in [5.74, 6) is 0. The van der Waals surface area contributed by atoms with Crippen molar-refractivity contribution in [2.45, 2.75) is 10.1 Å². The number of hydrogen-bond acceptors (Lipinski definition) is 2. The van der Waals surface area contributed by atoms with Crippen molar-refractivity contribution in [3.63, 3.8) is 0 Å². The molecule has 1 fully saturated rings. The first-order chi connectivity index (χ1) is 6.68. The molecule has 1 aromatic rings. The van der Waals surface area contributed by atoms with Gasteiger partial charge in [0.05, 0.1) is 26.1 Å². The van der Waals surface area contributed by atoms with Gasteiger partial charge in [0.15, 0.2) is 0 Å². The summed E-state index contributed by atoms with van der Waals surface area (Å²) in [5, 5.41) is 4.26. The van der Waals surface area contributed by atoms with Crippen LogP contribution in [0.25, 0.3) is 0 Å². The topological polar surface area (TPSA) is 29.1 Å². The van der Waals surface area contributed by atoms with Crippen LogP contribution in [0.4, 0.5) is 0 Å². The lowest BCUT2D eigenvalue weighted by Crippen LogP contribution is -2.49. The second-order valence-corrected chi connectivity index (χ2v) is 5.70. The van der Waals surface area contributed by atoms with Crippen molar-refractivity contribution in [3.8, 4) is 0 Å². The van der Waals surface area contributed by atoms with Crippen molar-refractivity contribution in [2.24, 2.45) is 0 Å². The van der Waals surface area contributed by atoms with E-state index in [2.05, 4.69) is 5.32 Å². The van der Waals surface area contributed by atoms with Gasteiger partial charge in [0.1, 0.15) is 0 Å². The van der Waals surface area contributed by atoms with Crippen molar-refractivity contribution in [3.05, 3.63) is 28.2 Å². The lowest BCUT2D eigenvalue weighted by Gasteiger charge is -2.26. The summed E-state index contributed by atoms with van der Waals surface area (Å²) in [7, 11) is -0.966. The molecule has 1 unspecified atom stereocenters. The summed E-state index contributed by atoms with van der Waals surface area (Å²) in [4.78, 5) is 0.755. The van der Waals surface area contributed by atoms with E-state index >= 15 is 0 Å². The van der Waals surface area contributed by atoms with E-state index in [-0.39, 0.29) is 5.25 Å². The molecule has 1 aliphatic heterocycles. The van der Waals surface area contributed by atoms with Gasteiger partial charge in [-0.25, -0.2) is 0 Å². The molecule has 0 spiro atoms. The molecule has 1 atom stereocenters. The van der Waals surface area contributed by atoms with Crippen LogP contribution in [0, 0.1) is 0 Å². The Morgan fingerprint density at radius 3 is 2.50 bits per heavy atom. The SMILES string of the molecule is O=S(c1ccc(Cl)c(Cl)c1)C1CNC1. The molecule has 5 heteroatoms. The van der Waals surface area contributed by atoms with E-state index in [4.69, 9.17) is 23.2 Å². The predicted octanol–water partition coefficient (Wildman–Crippen LogP) is 2.07. The maximum atomic E-state index is 11.9. The first kappa shape index (κ1) is 10.4. The van der Waals surface area contributed by atoms with Crippen LogP contribution in [0.2, 0.25) is 10.0 Å². The molecule has 76 valence electrons. The summed E-state index contributed by atoms with van der Waals surface area (Å²) in [6.07, 6.45) is 0. The summed E-state index contributed by atoms with van der Waals surface area (Å²) in [5.41, 5.74) is 0. The minimum Gasteiger partial charge on any atom is -0.314 e. The van der Waals surface area contributed by atoms with E-state index in [1.165, 1.54) is 0 Å². The summed E-state index contributed by atoms with van der Waals surface area (Å²) in [6, 6.07) is 5.13. The molecule has 0 saturated carbocycles. The molecule has 0 amide bonds. The lowest BCUT2D eigenvalue weighted by molar-refractivity contribution is 0.526. The lowest BCUT2D eigenvalue weighted by atomic mass is 10.3. The molecule has 2 nitrogen and oxygen atoms in total. The Balaban J connectivity index is 2.23. The van der Waals surface area contributed by atoms with E-state index in [9.17, 15) is 4.21 Å². The zero-order valence-electron chi connectivity index (χ0n) is 7.30. The zero-order chi connectivity index (χ0) is 10.1. The molecule has 0 aliphatic carbocycles. The molecule has 1 heterocycles. The van der Waals surface area contributed by atoms with E-state index < -0.39 is 10.8 Å². The fraction of sp³-hybridized carbons (Fsp3) is 0.333. The maximum absolute atomic E-state index is 11.9. The number of hydrogen-bond donors (Lipinski definition) is 1. The molecule has 1 aromatic carbocycles. The number of rotatable bonds is 2. The Morgan fingerprint density at radius 2 is 2.00 bits per heavy atom. The van der Waals surface area contributed by atoms with E-state index in [0.29, 0.717) is 10.0 Å². The summed E-state index contributed by atoms with van der Waals surface area (Å²) in [6.45, 7) is 1.62. The van der Waals surface area contributed by atoms with Gasteiger partial charge in [0.2, 0.25) is 0 Å². The maximum Gasteiger partial charge on any atom is 0.0643 e. The van der Waals surface area contributed by atoms with Crippen molar-refractivity contribution in [2.75, 3.05) is 13.1 Å². The molecular weight excluding hydrogens is 241 g/mol. The Labute approximate surface area is 95.1 Å². The fourth-order valence-corrected chi connectivity index (χ4v) is 2.93. The summed E-state index contributed by atoms with van der Waals surface area (Å²) >= 11 is 11.6. The highest BCUT2D eigenvalue weighted by Gasteiger charge is 2.24. The van der Waals surface area contributed by atoms with Gasteiger partial charge in [0, 0.05) is 18.0 Å². The molecule has 1 N–H and O–H groups in total. The van der Waals surface area contributed by atoms with Gasteiger partial charge in [-0.15, -0.1) is 0 Å². The Bertz CT molecular complexity index is 379. The van der Waals surface area contributed by atoms with Crippen molar-refractivity contribution >= 4 is 34.0 Å². The second-order valence-electron chi connectivity index (χ2n) is 3.15. The molecule has 0 aromatic heterocycles. The van der Waals surface area contributed by atoms with Gasteiger partial charge in [-0.05, 0) is 18.2 Å². The van der Waals surface area contributed by atoms with Crippen molar-refractivity contribution in [1.29, 1.82) is 0 Å². The molecular formula is C9H9Cl2NOS. The van der Waals surface area contributed by atoms with Crippen LogP contribution in [-0.4, -0.2) is 22.5 Å². The highest BCUT2D eigenvalue weighted by molar-refractivity contribution is 7.85. The van der Waals surface area contributed by atoms with Gasteiger partial charge < -0.3 is 5.32 Å². The van der Waals surface area contributed by atoms with E-state index in [1.54, 1.807) is 18.2 Å².